The molecule has 0 aliphatic carbocycles. The Morgan fingerprint density at radius 3 is 2.29 bits per heavy atom. The van der Waals surface area contributed by atoms with Gasteiger partial charge in [-0.3, -0.25) is 4.55 Å². The van der Waals surface area contributed by atoms with Crippen LogP contribution in [0.3, 0.4) is 0 Å². The van der Waals surface area contributed by atoms with Gasteiger partial charge in [-0.05, 0) is 13.8 Å². The van der Waals surface area contributed by atoms with Crippen molar-refractivity contribution in [2.24, 2.45) is 0 Å². The lowest BCUT2D eigenvalue weighted by Gasteiger charge is -2.07. The molecular weight excluding hydrogens is 250 g/mol. The summed E-state index contributed by atoms with van der Waals surface area (Å²) < 4.78 is 34.0. The van der Waals surface area contributed by atoms with E-state index in [0.29, 0.717) is 6.61 Å². The smallest absolute Gasteiger partial charge is 0.348 e. The molecule has 0 spiro atoms. The number of nitrogens with zero attached hydrogens (tertiary/aromatic N) is 1. The van der Waals surface area contributed by atoms with Gasteiger partial charge in [0, 0.05) is 0 Å². The monoisotopic (exact) mass is 265 g/mol. The van der Waals surface area contributed by atoms with Crippen LogP contribution in [0.1, 0.15) is 13.8 Å². The summed E-state index contributed by atoms with van der Waals surface area (Å²) >= 11 is 0. The number of carbonyl (C=O) groups is 1. The van der Waals surface area contributed by atoms with E-state index in [2.05, 4.69) is 11.3 Å². The Morgan fingerprint density at radius 1 is 1.47 bits per heavy atom. The highest BCUT2D eigenvalue weighted by Gasteiger charge is 2.06. The van der Waals surface area contributed by atoms with Crippen molar-refractivity contribution < 1.29 is 27.2 Å². The molecule has 0 aromatic carbocycles. The van der Waals surface area contributed by atoms with Gasteiger partial charge in [-0.25, -0.2) is 13.2 Å². The van der Waals surface area contributed by atoms with Gasteiger partial charge < -0.3 is 9.47 Å². The zero-order valence-corrected chi connectivity index (χ0v) is 10.5. The van der Waals surface area contributed by atoms with Crippen molar-refractivity contribution in [2.75, 3.05) is 13.2 Å². The first-order valence-electron chi connectivity index (χ1n) is 4.52. The molecule has 98 valence electrons. The second kappa shape index (κ2) is 11.1. The first kappa shape index (κ1) is 17.9. The molecule has 8 heteroatoms. The second-order valence-electron chi connectivity index (χ2n) is 2.88. The van der Waals surface area contributed by atoms with Gasteiger partial charge in [0.25, 0.3) is 11.0 Å². The minimum atomic E-state index is -3.12. The molecule has 0 radical (unpaired) electrons. The van der Waals surface area contributed by atoms with Crippen molar-refractivity contribution in [3.63, 3.8) is 0 Å². The molecule has 0 aliphatic rings. The number of thiol groups is 1. The topological polar surface area (TPSA) is 114 Å². The van der Waals surface area contributed by atoms with Crippen LogP contribution in [-0.4, -0.2) is 38.3 Å². The summed E-state index contributed by atoms with van der Waals surface area (Å²) in [6.07, 6.45) is 0.109. The molecule has 1 N–H and O–H groups in total. The predicted molar refractivity (Wildman–Crippen MR) is 59.7 cm³/mol. The van der Waals surface area contributed by atoms with Crippen LogP contribution in [0.15, 0.2) is 12.2 Å². The number of ether oxygens (including phenoxy) is 2. The largest absolute Gasteiger partial charge is 0.459 e. The number of carbonyl (C=O) groups excluding carboxylic acids is 1. The van der Waals surface area contributed by atoms with Crippen LogP contribution in [0, 0.1) is 11.3 Å². The highest BCUT2D eigenvalue weighted by atomic mass is 32.2. The molecule has 0 fully saturated rings. The first-order valence-corrected chi connectivity index (χ1v) is 5.65. The van der Waals surface area contributed by atoms with Gasteiger partial charge in [0.1, 0.15) is 18.2 Å². The minimum Gasteiger partial charge on any atom is -0.459 e. The molecule has 0 aliphatic heterocycles. The van der Waals surface area contributed by atoms with E-state index in [1.807, 2.05) is 13.8 Å². The fourth-order valence-corrected chi connectivity index (χ4v) is 0.551. The van der Waals surface area contributed by atoms with E-state index >= 15 is 0 Å². The fourth-order valence-electron chi connectivity index (χ4n) is 0.551. The van der Waals surface area contributed by atoms with Gasteiger partial charge in [-0.15, -0.1) is 0 Å². The lowest BCUT2D eigenvalue weighted by Crippen LogP contribution is -2.13. The van der Waals surface area contributed by atoms with Crippen molar-refractivity contribution in [3.05, 3.63) is 12.2 Å². The highest BCUT2D eigenvalue weighted by Crippen LogP contribution is 1.93. The fraction of sp³-hybridized carbons (Fsp3) is 0.556. The Labute approximate surface area is 101 Å². The van der Waals surface area contributed by atoms with Gasteiger partial charge in [0.05, 0.1) is 12.7 Å². The van der Waals surface area contributed by atoms with Crippen molar-refractivity contribution in [1.29, 1.82) is 5.26 Å². The maximum Gasteiger partial charge on any atom is 0.348 e. The van der Waals surface area contributed by atoms with Crippen LogP contribution in [0.25, 0.3) is 0 Å². The van der Waals surface area contributed by atoms with Crippen LogP contribution < -0.4 is 0 Å². The number of esters is 1. The van der Waals surface area contributed by atoms with Crippen LogP contribution in [0.5, 0.6) is 0 Å². The first-order chi connectivity index (χ1) is 7.81. The number of hydrogen-bond acceptors (Lipinski definition) is 6. The molecule has 0 aromatic heterocycles. The van der Waals surface area contributed by atoms with Crippen LogP contribution in [0.2, 0.25) is 0 Å². The average molecular weight is 265 g/mol. The molecule has 0 atom stereocenters. The zero-order valence-electron chi connectivity index (χ0n) is 9.58. The minimum absolute atomic E-state index is 0.109. The maximum absolute atomic E-state index is 10.8. The van der Waals surface area contributed by atoms with E-state index < -0.39 is 17.0 Å². The average Bonchev–Trinajstić information content (AvgIpc) is 2.21. The Hall–Kier alpha value is -1.43. The van der Waals surface area contributed by atoms with Crippen LogP contribution in [-0.2, 0) is 25.3 Å². The summed E-state index contributed by atoms with van der Waals surface area (Å²) in [7, 11) is -3.12. The Morgan fingerprint density at radius 2 is 1.94 bits per heavy atom. The van der Waals surface area contributed by atoms with Gasteiger partial charge in [0.15, 0.2) is 0 Å². The third-order valence-corrected chi connectivity index (χ3v) is 1.15. The quantitative estimate of drug-likeness (QED) is 0.181. The molecule has 0 bridgehead atoms. The molecule has 0 rings (SSSR count). The van der Waals surface area contributed by atoms with Gasteiger partial charge in [0.2, 0.25) is 0 Å². The predicted octanol–water partition coefficient (Wildman–Crippen LogP) is 0.105. The van der Waals surface area contributed by atoms with Crippen LogP contribution in [0.4, 0.5) is 0 Å². The Kier molecular flexibility index (Phi) is 11.7. The summed E-state index contributed by atoms with van der Waals surface area (Å²) in [4.78, 5) is 10.8. The molecular formula is C9H15NO6S. The maximum atomic E-state index is 10.8. The lowest BCUT2D eigenvalue weighted by atomic mass is 10.3. The van der Waals surface area contributed by atoms with Gasteiger partial charge in [-0.2, -0.15) is 5.26 Å². The second-order valence-corrected chi connectivity index (χ2v) is 3.36. The molecule has 0 heterocycles. The SMILES string of the molecule is C=C(C#N)C(=O)OCCOC(C)C.O=[SH](=O)O. The van der Waals surface area contributed by atoms with E-state index in [4.69, 9.17) is 23.0 Å². The standard InChI is InChI=1S/C9H13NO3.H2O3S/c1-7(2)12-4-5-13-9(11)8(3)6-10;1-4(2)3/h7H,3-5H2,1-2H3;4H,(H,1,2,3). The summed E-state index contributed by atoms with van der Waals surface area (Å²) in [6, 6.07) is 1.60. The third kappa shape index (κ3) is 17.2. The van der Waals surface area contributed by atoms with Gasteiger partial charge in [-0.1, -0.05) is 6.58 Å². The summed E-state index contributed by atoms with van der Waals surface area (Å²) in [6.45, 7) is 7.47. The van der Waals surface area contributed by atoms with Crippen molar-refractivity contribution >= 4 is 17.0 Å². The number of hydrogen-bond donors (Lipinski definition) is 2. The molecule has 0 unspecified atom stereocenters. The molecule has 0 aromatic rings. The number of nitriles is 1. The van der Waals surface area contributed by atoms with E-state index in [1.54, 1.807) is 6.07 Å². The van der Waals surface area contributed by atoms with Crippen LogP contribution >= 0.6 is 0 Å². The Balaban J connectivity index is 0. The van der Waals surface area contributed by atoms with Crippen molar-refractivity contribution in [1.82, 2.24) is 0 Å². The summed E-state index contributed by atoms with van der Waals surface area (Å²) in [5.41, 5.74) is -0.190. The molecule has 0 amide bonds. The van der Waals surface area contributed by atoms with E-state index in [-0.39, 0.29) is 18.3 Å². The van der Waals surface area contributed by atoms with E-state index in [0.717, 1.165) is 0 Å². The molecule has 7 nitrogen and oxygen atoms in total. The van der Waals surface area contributed by atoms with Crippen molar-refractivity contribution in [3.8, 4) is 6.07 Å². The normalized spacial score (nSPS) is 9.18. The molecule has 17 heavy (non-hydrogen) atoms. The lowest BCUT2D eigenvalue weighted by molar-refractivity contribution is -0.140. The zero-order chi connectivity index (χ0) is 13.8. The van der Waals surface area contributed by atoms with Crippen molar-refractivity contribution in [2.45, 2.75) is 20.0 Å². The van der Waals surface area contributed by atoms with E-state index in [9.17, 15) is 4.79 Å². The molecule has 0 saturated heterocycles. The van der Waals surface area contributed by atoms with E-state index in [1.165, 1.54) is 0 Å². The summed E-state index contributed by atoms with van der Waals surface area (Å²) in [5.74, 6) is -0.685. The highest BCUT2D eigenvalue weighted by molar-refractivity contribution is 7.66. The number of rotatable bonds is 5. The third-order valence-electron chi connectivity index (χ3n) is 1.15. The van der Waals surface area contributed by atoms with Gasteiger partial charge >= 0.3 is 5.97 Å². The summed E-state index contributed by atoms with van der Waals surface area (Å²) in [5, 5.41) is 8.27. The molecule has 0 saturated carbocycles. The Bertz CT molecular complexity index is 347.